The molecular formula is C26H26N4O4S. The van der Waals surface area contributed by atoms with Crippen LogP contribution in [0.5, 0.6) is 11.5 Å². The Morgan fingerprint density at radius 1 is 1.20 bits per heavy atom. The second kappa shape index (κ2) is 8.35. The third kappa shape index (κ3) is 3.94. The summed E-state index contributed by atoms with van der Waals surface area (Å²) in [7, 11) is 1.95. The first-order valence-corrected chi connectivity index (χ1v) is 12.6. The molecule has 4 aromatic rings. The summed E-state index contributed by atoms with van der Waals surface area (Å²) < 4.78 is 9.07. The van der Waals surface area contributed by atoms with Crippen LogP contribution >= 0.6 is 11.3 Å². The van der Waals surface area contributed by atoms with Gasteiger partial charge in [-0.05, 0) is 44.4 Å². The largest absolute Gasteiger partial charge is 0.456 e. The van der Waals surface area contributed by atoms with E-state index in [2.05, 4.69) is 10.3 Å². The highest BCUT2D eigenvalue weighted by molar-refractivity contribution is 7.21. The van der Waals surface area contributed by atoms with Gasteiger partial charge in [-0.2, -0.15) is 0 Å². The first-order chi connectivity index (χ1) is 16.9. The van der Waals surface area contributed by atoms with E-state index in [-0.39, 0.29) is 11.8 Å². The number of aromatic nitrogens is 2. The van der Waals surface area contributed by atoms with Crippen LogP contribution in [0, 0.1) is 6.92 Å². The van der Waals surface area contributed by atoms with Crippen molar-refractivity contribution in [1.82, 2.24) is 19.8 Å². The summed E-state index contributed by atoms with van der Waals surface area (Å²) in [6.45, 7) is 2.88. The fourth-order valence-electron chi connectivity index (χ4n) is 4.69. The lowest BCUT2D eigenvalue weighted by molar-refractivity contribution is 0.0769. The van der Waals surface area contributed by atoms with Crippen LogP contribution in [0.2, 0.25) is 0 Å². The van der Waals surface area contributed by atoms with Gasteiger partial charge in [-0.15, -0.1) is 11.3 Å². The number of aliphatic hydroxyl groups is 1. The highest BCUT2D eigenvalue weighted by atomic mass is 32.1. The Morgan fingerprint density at radius 3 is 2.77 bits per heavy atom. The van der Waals surface area contributed by atoms with Crippen LogP contribution in [-0.4, -0.2) is 56.6 Å². The number of carbonyl (C=O) groups excluding carboxylic acids is 2. The molecule has 4 heterocycles. The van der Waals surface area contributed by atoms with Crippen molar-refractivity contribution in [3.63, 3.8) is 0 Å². The van der Waals surface area contributed by atoms with Crippen molar-refractivity contribution >= 4 is 44.3 Å². The number of hydrogen-bond donors (Lipinski definition) is 2. The van der Waals surface area contributed by atoms with Crippen LogP contribution in [0.1, 0.15) is 45.0 Å². The summed E-state index contributed by atoms with van der Waals surface area (Å²) in [6, 6.07) is 9.61. The van der Waals surface area contributed by atoms with Gasteiger partial charge in [0.2, 0.25) is 0 Å². The van der Waals surface area contributed by atoms with E-state index >= 15 is 0 Å². The molecule has 1 aliphatic carbocycles. The number of likely N-dealkylation sites (tertiary alicyclic amines) is 1. The zero-order valence-corrected chi connectivity index (χ0v) is 20.4. The average molecular weight is 491 g/mol. The Labute approximate surface area is 206 Å². The topological polar surface area (TPSA) is 96.7 Å². The molecule has 3 aromatic heterocycles. The van der Waals surface area contributed by atoms with E-state index in [0.717, 1.165) is 34.1 Å². The predicted octanol–water partition coefficient (Wildman–Crippen LogP) is 3.99. The first-order valence-electron chi connectivity index (χ1n) is 11.8. The molecule has 2 N–H and O–H groups in total. The predicted molar refractivity (Wildman–Crippen MR) is 134 cm³/mol. The highest BCUT2D eigenvalue weighted by Crippen LogP contribution is 2.37. The highest BCUT2D eigenvalue weighted by Gasteiger charge is 2.28. The second-order valence-electron chi connectivity index (χ2n) is 9.38. The van der Waals surface area contributed by atoms with Crippen LogP contribution in [0.15, 0.2) is 36.5 Å². The van der Waals surface area contributed by atoms with Gasteiger partial charge in [0.05, 0.1) is 32.3 Å². The third-order valence-electron chi connectivity index (χ3n) is 6.87. The van der Waals surface area contributed by atoms with E-state index in [4.69, 9.17) is 4.74 Å². The Kier molecular flexibility index (Phi) is 5.26. The van der Waals surface area contributed by atoms with Crippen LogP contribution in [0.25, 0.3) is 21.1 Å². The zero-order valence-electron chi connectivity index (χ0n) is 19.6. The number of nitrogens with zero attached hydrogens (tertiary/aromatic N) is 3. The summed E-state index contributed by atoms with van der Waals surface area (Å²) in [5.41, 5.74) is 3.24. The minimum Gasteiger partial charge on any atom is -0.456 e. The molecule has 1 saturated carbocycles. The standard InChI is InChI=1S/C26H26N4O4S/c1-14-23(25(32)28-15-3-4-15)18-6-5-17(11-20(18)29(14)2)34-21-7-9-27-19-12-22(35-24(19)21)26(33)30-10-8-16(31)13-30/h5-7,9,11-12,15-16,31H,3-4,8,10,13H2,1-2H3,(H,28,32)/t16-/m1/s1. The minimum atomic E-state index is -0.457. The maximum Gasteiger partial charge on any atom is 0.264 e. The SMILES string of the molecule is Cc1c(C(=O)NC2CC2)c2ccc(Oc3ccnc4cc(C(=O)N5CC[C@@H](O)C5)sc34)cc2n1C. The molecule has 8 nitrogen and oxygen atoms in total. The summed E-state index contributed by atoms with van der Waals surface area (Å²) in [6.07, 6.45) is 3.91. The third-order valence-corrected chi connectivity index (χ3v) is 8.00. The number of carbonyl (C=O) groups is 2. The average Bonchev–Trinajstić information content (AvgIpc) is 3.26. The number of fused-ring (bicyclic) bond motifs is 2. The maximum absolute atomic E-state index is 12.9. The van der Waals surface area contributed by atoms with Gasteiger partial charge in [0.25, 0.3) is 11.8 Å². The minimum absolute atomic E-state index is 0.0265. The Bertz CT molecular complexity index is 1490. The van der Waals surface area contributed by atoms with Gasteiger partial charge >= 0.3 is 0 Å². The van der Waals surface area contributed by atoms with Crippen molar-refractivity contribution < 1.29 is 19.4 Å². The fraction of sp³-hybridized carbons (Fsp3) is 0.346. The number of benzene rings is 1. The van der Waals surface area contributed by atoms with Gasteiger partial charge in [-0.3, -0.25) is 14.6 Å². The van der Waals surface area contributed by atoms with E-state index in [0.29, 0.717) is 53.0 Å². The van der Waals surface area contributed by atoms with Crippen molar-refractivity contribution in [3.8, 4) is 11.5 Å². The number of thiophene rings is 1. The summed E-state index contributed by atoms with van der Waals surface area (Å²) in [4.78, 5) is 32.4. The van der Waals surface area contributed by atoms with Gasteiger partial charge in [0.15, 0.2) is 0 Å². The number of ether oxygens (including phenoxy) is 1. The molecule has 0 bridgehead atoms. The summed E-state index contributed by atoms with van der Waals surface area (Å²) in [5, 5.41) is 13.8. The van der Waals surface area contributed by atoms with Crippen LogP contribution in [0.3, 0.4) is 0 Å². The lowest BCUT2D eigenvalue weighted by atomic mass is 10.1. The van der Waals surface area contributed by atoms with E-state index < -0.39 is 6.10 Å². The zero-order chi connectivity index (χ0) is 24.3. The number of aryl methyl sites for hydroxylation is 1. The van der Waals surface area contributed by atoms with Crippen molar-refractivity contribution in [2.75, 3.05) is 13.1 Å². The summed E-state index contributed by atoms with van der Waals surface area (Å²) in [5.74, 6) is 1.15. The normalized spacial score (nSPS) is 17.9. The molecular weight excluding hydrogens is 464 g/mol. The van der Waals surface area contributed by atoms with E-state index in [1.165, 1.54) is 11.3 Å². The van der Waals surface area contributed by atoms with Crippen molar-refractivity contribution in [1.29, 1.82) is 0 Å². The van der Waals surface area contributed by atoms with Crippen LogP contribution in [-0.2, 0) is 7.05 Å². The molecule has 0 radical (unpaired) electrons. The second-order valence-corrected chi connectivity index (χ2v) is 10.4. The molecule has 2 amide bonds. The van der Waals surface area contributed by atoms with Crippen molar-refractivity contribution in [2.45, 2.75) is 38.3 Å². The number of rotatable bonds is 5. The molecule has 180 valence electrons. The van der Waals surface area contributed by atoms with Gasteiger partial charge in [0.1, 0.15) is 11.5 Å². The molecule has 2 aliphatic rings. The smallest absolute Gasteiger partial charge is 0.264 e. The fourth-order valence-corrected chi connectivity index (χ4v) is 5.72. The number of β-amino-alcohol motifs (C(OH)–C–C–N with tert-alkyl or cyclic N) is 1. The Balaban J connectivity index is 1.31. The molecule has 0 spiro atoms. The van der Waals surface area contributed by atoms with E-state index in [9.17, 15) is 14.7 Å². The quantitative estimate of drug-likeness (QED) is 0.441. The molecule has 1 atom stereocenters. The molecule has 1 aliphatic heterocycles. The maximum atomic E-state index is 12.9. The van der Waals surface area contributed by atoms with Crippen molar-refractivity contribution in [2.24, 2.45) is 7.05 Å². The lowest BCUT2D eigenvalue weighted by Gasteiger charge is -2.13. The van der Waals surface area contributed by atoms with Gasteiger partial charge in [-0.1, -0.05) is 0 Å². The van der Waals surface area contributed by atoms with E-state index in [1.54, 1.807) is 23.2 Å². The molecule has 35 heavy (non-hydrogen) atoms. The van der Waals surface area contributed by atoms with Gasteiger partial charge in [-0.25, -0.2) is 0 Å². The van der Waals surface area contributed by atoms with Gasteiger partial charge in [0, 0.05) is 55.6 Å². The molecule has 0 unspecified atom stereocenters. The molecule has 2 fully saturated rings. The molecule has 6 rings (SSSR count). The molecule has 1 saturated heterocycles. The monoisotopic (exact) mass is 490 g/mol. The lowest BCUT2D eigenvalue weighted by Crippen LogP contribution is -2.28. The Morgan fingerprint density at radius 2 is 2.03 bits per heavy atom. The first kappa shape index (κ1) is 22.1. The summed E-state index contributed by atoms with van der Waals surface area (Å²) >= 11 is 1.35. The molecule has 9 heteroatoms. The van der Waals surface area contributed by atoms with Crippen LogP contribution in [0.4, 0.5) is 0 Å². The number of aliphatic hydroxyl groups excluding tert-OH is 1. The molecule has 1 aromatic carbocycles. The number of hydrogen-bond acceptors (Lipinski definition) is 6. The number of amides is 2. The van der Waals surface area contributed by atoms with E-state index in [1.807, 2.05) is 36.7 Å². The number of pyridine rings is 1. The van der Waals surface area contributed by atoms with Crippen molar-refractivity contribution in [3.05, 3.63) is 52.7 Å². The Hall–Kier alpha value is -3.43. The van der Waals surface area contributed by atoms with Gasteiger partial charge < -0.3 is 24.6 Å². The number of nitrogens with one attached hydrogen (secondary N) is 1. The van der Waals surface area contributed by atoms with Crippen LogP contribution < -0.4 is 10.1 Å².